The Labute approximate surface area is 114 Å². The Morgan fingerprint density at radius 3 is 2.60 bits per heavy atom. The van der Waals surface area contributed by atoms with E-state index in [1.165, 1.54) is 0 Å². The van der Waals surface area contributed by atoms with E-state index in [2.05, 4.69) is 9.97 Å². The summed E-state index contributed by atoms with van der Waals surface area (Å²) in [6.45, 7) is 0. The highest BCUT2D eigenvalue weighted by molar-refractivity contribution is 6.00. The first-order chi connectivity index (χ1) is 9.72. The average Bonchev–Trinajstić information content (AvgIpc) is 3.03. The van der Waals surface area contributed by atoms with Crippen molar-refractivity contribution in [2.45, 2.75) is 0 Å². The zero-order valence-electron chi connectivity index (χ0n) is 10.5. The van der Waals surface area contributed by atoms with E-state index in [1.54, 1.807) is 18.2 Å². The SMILES string of the molecule is Oc1ccc2[nH]cc(-c3cc4[nH]ccc4cc3O)c2c1. The first-order valence-electron chi connectivity index (χ1n) is 6.33. The monoisotopic (exact) mass is 264 g/mol. The Kier molecular flexibility index (Phi) is 2.09. The molecular formula is C16H12N2O2. The van der Waals surface area contributed by atoms with Gasteiger partial charge in [-0.3, -0.25) is 0 Å². The Hall–Kier alpha value is -2.88. The lowest BCUT2D eigenvalue weighted by atomic mass is 10.0. The third-order valence-corrected chi connectivity index (χ3v) is 3.63. The van der Waals surface area contributed by atoms with Gasteiger partial charge in [0.2, 0.25) is 0 Å². The van der Waals surface area contributed by atoms with Crippen molar-refractivity contribution in [2.24, 2.45) is 0 Å². The van der Waals surface area contributed by atoms with E-state index in [9.17, 15) is 10.2 Å². The molecule has 2 aromatic heterocycles. The fourth-order valence-electron chi connectivity index (χ4n) is 2.64. The minimum atomic E-state index is 0.207. The first kappa shape index (κ1) is 11.0. The summed E-state index contributed by atoms with van der Waals surface area (Å²) >= 11 is 0. The van der Waals surface area contributed by atoms with Crippen LogP contribution in [-0.4, -0.2) is 20.2 Å². The minimum absolute atomic E-state index is 0.207. The number of hydrogen-bond acceptors (Lipinski definition) is 2. The van der Waals surface area contributed by atoms with Gasteiger partial charge in [0.1, 0.15) is 11.5 Å². The first-order valence-corrected chi connectivity index (χ1v) is 6.33. The number of phenols is 2. The molecule has 0 saturated carbocycles. The molecule has 4 N–H and O–H groups in total. The van der Waals surface area contributed by atoms with Gasteiger partial charge in [0.15, 0.2) is 0 Å². The molecule has 0 unspecified atom stereocenters. The lowest BCUT2D eigenvalue weighted by Crippen LogP contribution is -1.79. The van der Waals surface area contributed by atoms with Gasteiger partial charge in [-0.1, -0.05) is 0 Å². The maximum absolute atomic E-state index is 10.2. The molecule has 4 nitrogen and oxygen atoms in total. The molecule has 4 heteroatoms. The van der Waals surface area contributed by atoms with Crippen molar-refractivity contribution in [3.63, 3.8) is 0 Å². The Balaban J connectivity index is 2.04. The summed E-state index contributed by atoms with van der Waals surface area (Å²) in [6.07, 6.45) is 3.68. The molecule has 0 radical (unpaired) electrons. The number of aromatic amines is 2. The summed E-state index contributed by atoms with van der Waals surface area (Å²) in [4.78, 5) is 6.29. The summed E-state index contributed by atoms with van der Waals surface area (Å²) in [7, 11) is 0. The highest BCUT2D eigenvalue weighted by Gasteiger charge is 2.12. The molecular weight excluding hydrogens is 252 g/mol. The molecule has 98 valence electrons. The van der Waals surface area contributed by atoms with Crippen molar-refractivity contribution >= 4 is 21.8 Å². The third-order valence-electron chi connectivity index (χ3n) is 3.63. The smallest absolute Gasteiger partial charge is 0.124 e. The number of phenolic OH excluding ortho intramolecular Hbond substituents is 2. The predicted octanol–water partition coefficient (Wildman–Crippen LogP) is 3.73. The standard InChI is InChI=1S/C16H12N2O2/c19-10-1-2-14-11(6-10)13(8-18-14)12-7-15-9(3-4-17-15)5-16(12)20/h1-8,17-20H. The molecule has 4 aromatic rings. The quantitative estimate of drug-likeness (QED) is 0.423. The number of rotatable bonds is 1. The van der Waals surface area contributed by atoms with E-state index in [4.69, 9.17) is 0 Å². The molecule has 0 aliphatic heterocycles. The van der Waals surface area contributed by atoms with Crippen LogP contribution in [0, 0.1) is 0 Å². The maximum Gasteiger partial charge on any atom is 0.124 e. The fraction of sp³-hybridized carbons (Fsp3) is 0. The van der Waals surface area contributed by atoms with Gasteiger partial charge in [0.05, 0.1) is 0 Å². The number of hydrogen-bond donors (Lipinski definition) is 4. The summed E-state index contributed by atoms with van der Waals surface area (Å²) in [5.74, 6) is 0.431. The van der Waals surface area contributed by atoms with Gasteiger partial charge in [-0.2, -0.15) is 0 Å². The molecule has 0 amide bonds. The molecule has 4 rings (SSSR count). The van der Waals surface area contributed by atoms with Crippen molar-refractivity contribution in [3.05, 3.63) is 48.8 Å². The van der Waals surface area contributed by atoms with Gasteiger partial charge in [0, 0.05) is 45.3 Å². The lowest BCUT2D eigenvalue weighted by Gasteiger charge is -2.04. The van der Waals surface area contributed by atoms with Gasteiger partial charge in [-0.25, -0.2) is 0 Å². The molecule has 0 spiro atoms. The van der Waals surface area contributed by atoms with Gasteiger partial charge in [-0.05, 0) is 36.4 Å². The van der Waals surface area contributed by atoms with E-state index >= 15 is 0 Å². The van der Waals surface area contributed by atoms with Crippen molar-refractivity contribution in [1.29, 1.82) is 0 Å². The van der Waals surface area contributed by atoms with Crippen LogP contribution in [0.3, 0.4) is 0 Å². The zero-order valence-corrected chi connectivity index (χ0v) is 10.5. The van der Waals surface area contributed by atoms with E-state index in [0.717, 1.165) is 32.9 Å². The summed E-state index contributed by atoms with van der Waals surface area (Å²) in [5.41, 5.74) is 3.48. The molecule has 0 bridgehead atoms. The third kappa shape index (κ3) is 1.48. The number of nitrogens with one attached hydrogen (secondary N) is 2. The maximum atomic E-state index is 10.2. The normalized spacial score (nSPS) is 11.4. The van der Waals surface area contributed by atoms with Crippen molar-refractivity contribution in [3.8, 4) is 22.6 Å². The predicted molar refractivity (Wildman–Crippen MR) is 78.9 cm³/mol. The van der Waals surface area contributed by atoms with Crippen LogP contribution in [0.25, 0.3) is 32.9 Å². The van der Waals surface area contributed by atoms with Gasteiger partial charge < -0.3 is 20.2 Å². The second-order valence-corrected chi connectivity index (χ2v) is 4.87. The second-order valence-electron chi connectivity index (χ2n) is 4.87. The van der Waals surface area contributed by atoms with Crippen LogP contribution < -0.4 is 0 Å². The van der Waals surface area contributed by atoms with Gasteiger partial charge >= 0.3 is 0 Å². The van der Waals surface area contributed by atoms with E-state index in [-0.39, 0.29) is 11.5 Å². The Bertz CT molecular complexity index is 934. The largest absolute Gasteiger partial charge is 0.508 e. The van der Waals surface area contributed by atoms with Crippen molar-refractivity contribution in [1.82, 2.24) is 9.97 Å². The zero-order chi connectivity index (χ0) is 13.7. The molecule has 2 aromatic carbocycles. The Morgan fingerprint density at radius 2 is 1.70 bits per heavy atom. The van der Waals surface area contributed by atoms with Gasteiger partial charge in [-0.15, -0.1) is 0 Å². The molecule has 20 heavy (non-hydrogen) atoms. The summed E-state index contributed by atoms with van der Waals surface area (Å²) < 4.78 is 0. The minimum Gasteiger partial charge on any atom is -0.508 e. The highest BCUT2D eigenvalue weighted by atomic mass is 16.3. The number of fused-ring (bicyclic) bond motifs is 2. The van der Waals surface area contributed by atoms with E-state index in [1.807, 2.05) is 30.6 Å². The van der Waals surface area contributed by atoms with Crippen LogP contribution in [0.5, 0.6) is 11.5 Å². The Morgan fingerprint density at radius 1 is 0.800 bits per heavy atom. The van der Waals surface area contributed by atoms with Crippen LogP contribution in [0.2, 0.25) is 0 Å². The molecule has 2 heterocycles. The number of H-pyrrole nitrogens is 2. The fourth-order valence-corrected chi connectivity index (χ4v) is 2.64. The van der Waals surface area contributed by atoms with E-state index < -0.39 is 0 Å². The van der Waals surface area contributed by atoms with Crippen LogP contribution in [0.1, 0.15) is 0 Å². The van der Waals surface area contributed by atoms with Crippen LogP contribution in [0.15, 0.2) is 48.8 Å². The molecule has 0 atom stereocenters. The molecule has 0 saturated heterocycles. The average molecular weight is 264 g/mol. The van der Waals surface area contributed by atoms with E-state index in [0.29, 0.717) is 0 Å². The molecule has 0 aliphatic rings. The number of aromatic nitrogens is 2. The number of aromatic hydroxyl groups is 2. The van der Waals surface area contributed by atoms with Crippen LogP contribution in [0.4, 0.5) is 0 Å². The van der Waals surface area contributed by atoms with Crippen molar-refractivity contribution in [2.75, 3.05) is 0 Å². The second kappa shape index (κ2) is 3.81. The van der Waals surface area contributed by atoms with Crippen LogP contribution in [-0.2, 0) is 0 Å². The number of benzene rings is 2. The van der Waals surface area contributed by atoms with Gasteiger partial charge in [0.25, 0.3) is 0 Å². The molecule has 0 fully saturated rings. The highest BCUT2D eigenvalue weighted by Crippen LogP contribution is 2.37. The van der Waals surface area contributed by atoms with Crippen molar-refractivity contribution < 1.29 is 10.2 Å². The van der Waals surface area contributed by atoms with Crippen LogP contribution >= 0.6 is 0 Å². The lowest BCUT2D eigenvalue weighted by molar-refractivity contribution is 0.475. The topological polar surface area (TPSA) is 72.0 Å². The summed E-state index contributed by atoms with van der Waals surface area (Å²) in [5, 5.41) is 21.7. The summed E-state index contributed by atoms with van der Waals surface area (Å²) in [6, 6.07) is 10.7. The molecule has 0 aliphatic carbocycles.